The molecular weight excluding hydrogens is 218 g/mol. The zero-order chi connectivity index (χ0) is 12.3. The number of anilines is 1. The van der Waals surface area contributed by atoms with Crippen molar-refractivity contribution >= 4 is 5.82 Å². The Morgan fingerprint density at radius 3 is 2.41 bits per heavy atom. The standard InChI is InChI=1S/C12H13N3O2/c1-16-9-7-10(13)15-12(17-2)11(9)8-3-5-14-6-4-8/h3-7H,1-2H3,(H2,13,15). The number of hydrogen-bond acceptors (Lipinski definition) is 5. The molecule has 0 aliphatic rings. The van der Waals surface area contributed by atoms with E-state index in [1.54, 1.807) is 32.7 Å². The molecule has 0 saturated carbocycles. The molecule has 0 saturated heterocycles. The smallest absolute Gasteiger partial charge is 0.226 e. The summed E-state index contributed by atoms with van der Waals surface area (Å²) in [5.74, 6) is 1.42. The van der Waals surface area contributed by atoms with Crippen LogP contribution in [0.2, 0.25) is 0 Å². The SMILES string of the molecule is COc1cc(N)nc(OC)c1-c1ccncc1. The molecule has 2 heterocycles. The molecule has 2 aromatic heterocycles. The molecule has 0 aromatic carbocycles. The number of rotatable bonds is 3. The summed E-state index contributed by atoms with van der Waals surface area (Å²) in [5.41, 5.74) is 7.36. The second-order valence-electron chi connectivity index (χ2n) is 3.37. The van der Waals surface area contributed by atoms with Crippen LogP contribution < -0.4 is 15.2 Å². The molecule has 0 fully saturated rings. The lowest BCUT2D eigenvalue weighted by atomic mass is 10.1. The third-order valence-electron chi connectivity index (χ3n) is 2.35. The van der Waals surface area contributed by atoms with Gasteiger partial charge in [0.2, 0.25) is 5.88 Å². The first-order valence-electron chi connectivity index (χ1n) is 5.05. The highest BCUT2D eigenvalue weighted by molar-refractivity contribution is 5.76. The summed E-state index contributed by atoms with van der Waals surface area (Å²) in [6, 6.07) is 5.38. The van der Waals surface area contributed by atoms with Gasteiger partial charge >= 0.3 is 0 Å². The number of nitrogens with zero attached hydrogens (tertiary/aromatic N) is 2. The van der Waals surface area contributed by atoms with E-state index < -0.39 is 0 Å². The van der Waals surface area contributed by atoms with Gasteiger partial charge in [0.25, 0.3) is 0 Å². The number of hydrogen-bond donors (Lipinski definition) is 1. The third-order valence-corrected chi connectivity index (χ3v) is 2.35. The van der Waals surface area contributed by atoms with Crippen molar-refractivity contribution in [2.45, 2.75) is 0 Å². The largest absolute Gasteiger partial charge is 0.496 e. The zero-order valence-corrected chi connectivity index (χ0v) is 9.68. The minimum atomic E-state index is 0.358. The van der Waals surface area contributed by atoms with E-state index in [2.05, 4.69) is 9.97 Å². The summed E-state index contributed by atoms with van der Waals surface area (Å²) >= 11 is 0. The van der Waals surface area contributed by atoms with Crippen LogP contribution in [-0.2, 0) is 0 Å². The highest BCUT2D eigenvalue weighted by Crippen LogP contribution is 2.37. The first kappa shape index (κ1) is 11.2. The van der Waals surface area contributed by atoms with Gasteiger partial charge in [-0.15, -0.1) is 0 Å². The van der Waals surface area contributed by atoms with Crippen LogP contribution in [-0.4, -0.2) is 24.2 Å². The van der Waals surface area contributed by atoms with E-state index in [0.717, 1.165) is 11.1 Å². The summed E-state index contributed by atoms with van der Waals surface area (Å²) in [4.78, 5) is 8.10. The lowest BCUT2D eigenvalue weighted by molar-refractivity contribution is 0.386. The first-order valence-corrected chi connectivity index (χ1v) is 5.05. The van der Waals surface area contributed by atoms with Gasteiger partial charge in [-0.2, -0.15) is 4.98 Å². The van der Waals surface area contributed by atoms with Crippen molar-refractivity contribution < 1.29 is 9.47 Å². The van der Waals surface area contributed by atoms with E-state index in [-0.39, 0.29) is 0 Å². The van der Waals surface area contributed by atoms with Crippen LogP contribution in [0.3, 0.4) is 0 Å². The van der Waals surface area contributed by atoms with Crippen molar-refractivity contribution in [2.75, 3.05) is 20.0 Å². The number of pyridine rings is 2. The fourth-order valence-corrected chi connectivity index (χ4v) is 1.61. The van der Waals surface area contributed by atoms with Crippen molar-refractivity contribution in [3.8, 4) is 22.8 Å². The van der Waals surface area contributed by atoms with Gasteiger partial charge in [0, 0.05) is 18.5 Å². The van der Waals surface area contributed by atoms with Gasteiger partial charge in [0.05, 0.1) is 19.8 Å². The molecule has 0 aliphatic heterocycles. The number of nitrogen functional groups attached to an aromatic ring is 1. The first-order chi connectivity index (χ1) is 8.26. The number of ether oxygens (including phenoxy) is 2. The second kappa shape index (κ2) is 4.69. The maximum absolute atomic E-state index is 5.67. The Bertz CT molecular complexity index is 489. The van der Waals surface area contributed by atoms with Crippen molar-refractivity contribution in [3.63, 3.8) is 0 Å². The van der Waals surface area contributed by atoms with Crippen LogP contribution in [0.5, 0.6) is 11.6 Å². The maximum atomic E-state index is 5.67. The molecule has 0 amide bonds. The molecule has 0 bridgehead atoms. The molecule has 0 spiro atoms. The van der Waals surface area contributed by atoms with Gasteiger partial charge in [0.15, 0.2) is 0 Å². The maximum Gasteiger partial charge on any atom is 0.226 e. The van der Waals surface area contributed by atoms with Crippen molar-refractivity contribution in [1.82, 2.24) is 9.97 Å². The summed E-state index contributed by atoms with van der Waals surface area (Å²) in [6.07, 6.45) is 3.40. The number of methoxy groups -OCH3 is 2. The van der Waals surface area contributed by atoms with Gasteiger partial charge in [0.1, 0.15) is 11.6 Å². The molecule has 2 N–H and O–H groups in total. The predicted molar refractivity (Wildman–Crippen MR) is 65.0 cm³/mol. The van der Waals surface area contributed by atoms with Gasteiger partial charge in [-0.1, -0.05) is 0 Å². The Morgan fingerprint density at radius 2 is 1.82 bits per heavy atom. The van der Waals surface area contributed by atoms with Gasteiger partial charge in [-0.3, -0.25) is 4.98 Å². The van der Waals surface area contributed by atoms with Crippen LogP contribution in [0.4, 0.5) is 5.82 Å². The average molecular weight is 231 g/mol. The van der Waals surface area contributed by atoms with Gasteiger partial charge in [-0.05, 0) is 17.7 Å². The molecule has 0 atom stereocenters. The Kier molecular flexibility index (Phi) is 3.09. The summed E-state index contributed by atoms with van der Waals surface area (Å²) in [6.45, 7) is 0. The Balaban J connectivity index is 2.66. The molecule has 88 valence electrons. The summed E-state index contributed by atoms with van der Waals surface area (Å²) in [5, 5.41) is 0. The van der Waals surface area contributed by atoms with E-state index in [9.17, 15) is 0 Å². The van der Waals surface area contributed by atoms with Crippen molar-refractivity contribution in [1.29, 1.82) is 0 Å². The van der Waals surface area contributed by atoms with Crippen molar-refractivity contribution in [3.05, 3.63) is 30.6 Å². The number of nitrogens with two attached hydrogens (primary N) is 1. The van der Waals surface area contributed by atoms with Gasteiger partial charge in [-0.25, -0.2) is 0 Å². The van der Waals surface area contributed by atoms with Gasteiger partial charge < -0.3 is 15.2 Å². The lowest BCUT2D eigenvalue weighted by Crippen LogP contribution is -1.99. The highest BCUT2D eigenvalue weighted by Gasteiger charge is 2.15. The van der Waals surface area contributed by atoms with Crippen molar-refractivity contribution in [2.24, 2.45) is 0 Å². The quantitative estimate of drug-likeness (QED) is 0.871. The Morgan fingerprint density at radius 1 is 1.12 bits per heavy atom. The molecule has 2 rings (SSSR count). The second-order valence-corrected chi connectivity index (χ2v) is 3.37. The van der Waals surface area contributed by atoms with Crippen LogP contribution in [0.1, 0.15) is 0 Å². The third kappa shape index (κ3) is 2.13. The van der Waals surface area contributed by atoms with E-state index in [1.165, 1.54) is 0 Å². The van der Waals surface area contributed by atoms with E-state index in [1.807, 2.05) is 12.1 Å². The fraction of sp³-hybridized carbons (Fsp3) is 0.167. The molecule has 0 aliphatic carbocycles. The fourth-order valence-electron chi connectivity index (χ4n) is 1.61. The summed E-state index contributed by atoms with van der Waals surface area (Å²) < 4.78 is 10.5. The molecular formula is C12H13N3O2. The van der Waals surface area contributed by atoms with Crippen LogP contribution >= 0.6 is 0 Å². The predicted octanol–water partition coefficient (Wildman–Crippen LogP) is 1.74. The van der Waals surface area contributed by atoms with Crippen LogP contribution in [0, 0.1) is 0 Å². The molecule has 2 aromatic rings. The Labute approximate surface area is 99.2 Å². The average Bonchev–Trinajstić information content (AvgIpc) is 2.38. The lowest BCUT2D eigenvalue weighted by Gasteiger charge is -2.12. The van der Waals surface area contributed by atoms with E-state index >= 15 is 0 Å². The number of aromatic nitrogens is 2. The molecule has 17 heavy (non-hydrogen) atoms. The summed E-state index contributed by atoms with van der Waals surface area (Å²) in [7, 11) is 3.13. The monoisotopic (exact) mass is 231 g/mol. The van der Waals surface area contributed by atoms with Crippen LogP contribution in [0.25, 0.3) is 11.1 Å². The topological polar surface area (TPSA) is 70.3 Å². The normalized spacial score (nSPS) is 10.0. The van der Waals surface area contributed by atoms with E-state index in [0.29, 0.717) is 17.4 Å². The minimum absolute atomic E-state index is 0.358. The minimum Gasteiger partial charge on any atom is -0.496 e. The van der Waals surface area contributed by atoms with E-state index in [4.69, 9.17) is 15.2 Å². The molecule has 0 unspecified atom stereocenters. The molecule has 5 nitrogen and oxygen atoms in total. The highest BCUT2D eigenvalue weighted by atomic mass is 16.5. The van der Waals surface area contributed by atoms with Crippen LogP contribution in [0.15, 0.2) is 30.6 Å². The molecule has 0 radical (unpaired) electrons. The Hall–Kier alpha value is -2.30. The molecule has 5 heteroatoms. The zero-order valence-electron chi connectivity index (χ0n) is 9.68.